The van der Waals surface area contributed by atoms with Crippen LogP contribution in [-0.4, -0.2) is 27.0 Å². The van der Waals surface area contributed by atoms with E-state index in [2.05, 4.69) is 9.97 Å². The summed E-state index contributed by atoms with van der Waals surface area (Å²) >= 11 is 0. The Morgan fingerprint density at radius 2 is 1.93 bits per heavy atom. The van der Waals surface area contributed by atoms with Crippen molar-refractivity contribution in [3.8, 4) is 11.3 Å². The number of amides is 1. The molecule has 0 saturated carbocycles. The minimum atomic E-state index is -1.49. The summed E-state index contributed by atoms with van der Waals surface area (Å²) < 4.78 is 11.7. The molecule has 0 saturated heterocycles. The predicted molar refractivity (Wildman–Crippen MR) is 107 cm³/mol. The van der Waals surface area contributed by atoms with E-state index >= 15 is 0 Å². The number of nitrogens with zero attached hydrogens (tertiary/aromatic N) is 1. The molecule has 1 amide bonds. The Bertz CT molecular complexity index is 1160. The van der Waals surface area contributed by atoms with Crippen LogP contribution in [0.2, 0.25) is 0 Å². The fourth-order valence-corrected chi connectivity index (χ4v) is 3.35. The highest BCUT2D eigenvalue weighted by molar-refractivity contribution is 5.94. The predicted octanol–water partition coefficient (Wildman–Crippen LogP) is 2.13. The topological polar surface area (TPSA) is 154 Å². The number of imidazole rings is 1. The minimum Gasteiger partial charge on any atom is -0.475 e. The van der Waals surface area contributed by atoms with Crippen LogP contribution in [0.15, 0.2) is 66.7 Å². The van der Waals surface area contributed by atoms with Gasteiger partial charge in [0.25, 0.3) is 5.79 Å². The van der Waals surface area contributed by atoms with E-state index in [4.69, 9.17) is 20.9 Å². The first-order chi connectivity index (χ1) is 14.4. The maximum atomic E-state index is 11.8. The summed E-state index contributed by atoms with van der Waals surface area (Å²) in [5.74, 6) is -3.52. The number of rotatable bonds is 6. The zero-order chi connectivity index (χ0) is 21.3. The maximum absolute atomic E-state index is 11.8. The summed E-state index contributed by atoms with van der Waals surface area (Å²) in [7, 11) is 0. The molecule has 0 fully saturated rings. The third-order valence-electron chi connectivity index (χ3n) is 4.72. The van der Waals surface area contributed by atoms with E-state index < -0.39 is 17.7 Å². The summed E-state index contributed by atoms with van der Waals surface area (Å²) in [5, 5.41) is 9.40. The third-order valence-corrected chi connectivity index (χ3v) is 4.72. The van der Waals surface area contributed by atoms with Crippen molar-refractivity contribution < 1.29 is 24.2 Å². The standard InChI is InChI=1S/C21H18N4O5/c22-18(26)13-6-7-15(14(8-13)16-10-24-20(23)25-16)21(9-12-4-2-1-3-5-12)29-11-17(30-21)19(27)28/h1-8,10-11H,9H2,(H2,22,26)(H,27,28)(H3,23,24,25). The number of carboxylic acids is 1. The second kappa shape index (κ2) is 7.28. The molecule has 2 aromatic carbocycles. The van der Waals surface area contributed by atoms with Crippen LogP contribution in [0, 0.1) is 0 Å². The number of aromatic nitrogens is 2. The summed E-state index contributed by atoms with van der Waals surface area (Å²) in [6.07, 6.45) is 2.77. The average molecular weight is 406 g/mol. The van der Waals surface area contributed by atoms with Gasteiger partial charge in [-0.15, -0.1) is 0 Å². The molecule has 0 bridgehead atoms. The molecule has 1 atom stereocenters. The number of nitrogens with one attached hydrogen (secondary N) is 1. The number of aliphatic carboxylic acids is 1. The number of aromatic amines is 1. The summed E-state index contributed by atoms with van der Waals surface area (Å²) in [5.41, 5.74) is 13.7. The molecule has 0 radical (unpaired) electrons. The fourth-order valence-electron chi connectivity index (χ4n) is 3.35. The number of carboxylic acid groups (broad SMARTS) is 1. The molecule has 9 heteroatoms. The molecule has 0 spiro atoms. The number of carbonyl (C=O) groups is 2. The quantitative estimate of drug-likeness (QED) is 0.489. The Hall–Kier alpha value is -4.27. The minimum absolute atomic E-state index is 0.176. The van der Waals surface area contributed by atoms with Crippen LogP contribution in [0.3, 0.4) is 0 Å². The van der Waals surface area contributed by atoms with Gasteiger partial charge in [0, 0.05) is 16.7 Å². The van der Waals surface area contributed by atoms with Gasteiger partial charge < -0.3 is 31.0 Å². The number of benzene rings is 2. The van der Waals surface area contributed by atoms with Crippen molar-refractivity contribution >= 4 is 17.8 Å². The molecule has 30 heavy (non-hydrogen) atoms. The van der Waals surface area contributed by atoms with E-state index in [0.29, 0.717) is 16.8 Å². The molecule has 4 rings (SSSR count). The van der Waals surface area contributed by atoms with Gasteiger partial charge in [0.05, 0.1) is 18.3 Å². The van der Waals surface area contributed by atoms with Gasteiger partial charge in [-0.1, -0.05) is 30.3 Å². The van der Waals surface area contributed by atoms with E-state index in [-0.39, 0.29) is 23.7 Å². The highest BCUT2D eigenvalue weighted by atomic mass is 16.7. The van der Waals surface area contributed by atoms with E-state index in [1.165, 1.54) is 12.3 Å². The van der Waals surface area contributed by atoms with E-state index in [0.717, 1.165) is 11.8 Å². The summed E-state index contributed by atoms with van der Waals surface area (Å²) in [6.45, 7) is 0. The Kier molecular flexibility index (Phi) is 4.63. The van der Waals surface area contributed by atoms with Crippen molar-refractivity contribution in [3.05, 3.63) is 83.4 Å². The summed E-state index contributed by atoms with van der Waals surface area (Å²) in [6, 6.07) is 14.0. The SMILES string of the molecule is NC(=O)c1ccc(C2(Cc3ccccc3)OC=C(C(=O)O)O2)c(-c2cnc(N)[nH]2)c1. The molecule has 1 aliphatic rings. The van der Waals surface area contributed by atoms with E-state index in [9.17, 15) is 14.7 Å². The molecule has 6 N–H and O–H groups in total. The van der Waals surface area contributed by atoms with Crippen LogP contribution in [0.4, 0.5) is 5.95 Å². The van der Waals surface area contributed by atoms with Gasteiger partial charge in [-0.05, 0) is 23.8 Å². The number of H-pyrrole nitrogens is 1. The van der Waals surface area contributed by atoms with Gasteiger partial charge in [-0.2, -0.15) is 0 Å². The zero-order valence-electron chi connectivity index (χ0n) is 15.7. The van der Waals surface area contributed by atoms with Gasteiger partial charge in [0.2, 0.25) is 11.7 Å². The smallest absolute Gasteiger partial charge is 0.374 e. The van der Waals surface area contributed by atoms with Gasteiger partial charge in [0.15, 0.2) is 5.95 Å². The lowest BCUT2D eigenvalue weighted by Crippen LogP contribution is -2.32. The van der Waals surface area contributed by atoms with Crippen molar-refractivity contribution in [1.82, 2.24) is 9.97 Å². The number of nitrogen functional groups attached to an aromatic ring is 1. The first-order valence-electron chi connectivity index (χ1n) is 8.97. The lowest BCUT2D eigenvalue weighted by atomic mass is 9.90. The van der Waals surface area contributed by atoms with Crippen LogP contribution in [0.1, 0.15) is 21.5 Å². The number of anilines is 1. The average Bonchev–Trinajstić information content (AvgIpc) is 3.36. The normalized spacial score (nSPS) is 17.7. The Morgan fingerprint density at radius 3 is 2.53 bits per heavy atom. The Labute approximate surface area is 170 Å². The Morgan fingerprint density at radius 1 is 1.17 bits per heavy atom. The highest BCUT2D eigenvalue weighted by Gasteiger charge is 2.45. The van der Waals surface area contributed by atoms with Crippen molar-refractivity contribution in [3.63, 3.8) is 0 Å². The van der Waals surface area contributed by atoms with Crippen LogP contribution < -0.4 is 11.5 Å². The van der Waals surface area contributed by atoms with Gasteiger partial charge in [-0.25, -0.2) is 9.78 Å². The van der Waals surface area contributed by atoms with Crippen LogP contribution >= 0.6 is 0 Å². The Balaban J connectivity index is 1.88. The molecule has 3 aromatic rings. The maximum Gasteiger partial charge on any atom is 0.374 e. The number of primary amides is 1. The number of hydrogen-bond donors (Lipinski definition) is 4. The molecule has 9 nitrogen and oxygen atoms in total. The van der Waals surface area contributed by atoms with Gasteiger partial charge in [0.1, 0.15) is 6.26 Å². The molecular formula is C21H18N4O5. The lowest BCUT2D eigenvalue weighted by molar-refractivity contribution is -0.167. The second-order valence-corrected chi connectivity index (χ2v) is 6.73. The molecule has 2 heterocycles. The number of carbonyl (C=O) groups excluding carboxylic acids is 1. The van der Waals surface area contributed by atoms with Gasteiger partial charge >= 0.3 is 5.97 Å². The summed E-state index contributed by atoms with van der Waals surface area (Å²) in [4.78, 5) is 30.2. The van der Waals surface area contributed by atoms with E-state index in [1.54, 1.807) is 12.1 Å². The molecular weight excluding hydrogens is 388 g/mol. The second-order valence-electron chi connectivity index (χ2n) is 6.73. The largest absolute Gasteiger partial charge is 0.475 e. The number of hydrogen-bond acceptors (Lipinski definition) is 6. The van der Waals surface area contributed by atoms with E-state index in [1.807, 2.05) is 30.3 Å². The van der Waals surface area contributed by atoms with Crippen molar-refractivity contribution in [1.29, 1.82) is 0 Å². The van der Waals surface area contributed by atoms with Crippen molar-refractivity contribution in [2.24, 2.45) is 5.73 Å². The monoisotopic (exact) mass is 406 g/mol. The fraction of sp³-hybridized carbons (Fsp3) is 0.0952. The number of nitrogens with two attached hydrogens (primary N) is 2. The molecule has 1 aliphatic heterocycles. The van der Waals surface area contributed by atoms with Gasteiger partial charge in [-0.3, -0.25) is 4.79 Å². The van der Waals surface area contributed by atoms with Crippen LogP contribution in [0.25, 0.3) is 11.3 Å². The van der Waals surface area contributed by atoms with Crippen molar-refractivity contribution in [2.45, 2.75) is 12.2 Å². The molecule has 1 unspecified atom stereocenters. The lowest BCUT2D eigenvalue weighted by Gasteiger charge is -2.30. The first-order valence-corrected chi connectivity index (χ1v) is 8.97. The number of ether oxygens (including phenoxy) is 2. The third kappa shape index (κ3) is 3.44. The molecule has 152 valence electrons. The highest BCUT2D eigenvalue weighted by Crippen LogP contribution is 2.43. The molecule has 1 aromatic heterocycles. The first kappa shape index (κ1) is 19.1. The zero-order valence-corrected chi connectivity index (χ0v) is 15.7. The van der Waals surface area contributed by atoms with Crippen molar-refractivity contribution in [2.75, 3.05) is 5.73 Å². The van der Waals surface area contributed by atoms with Crippen LogP contribution in [0.5, 0.6) is 0 Å². The van der Waals surface area contributed by atoms with Crippen LogP contribution in [-0.2, 0) is 26.5 Å². The molecule has 0 aliphatic carbocycles.